The molecule has 0 bridgehead atoms. The molecule has 0 amide bonds. The Balaban J connectivity index is 0. The third-order valence-corrected chi connectivity index (χ3v) is 0.408. The highest BCUT2D eigenvalue weighted by atomic mass is 16.7. The smallest absolute Gasteiger partial charge is 0.0437 e. The fourth-order valence-electron chi connectivity index (χ4n) is 0.204. The summed E-state index contributed by atoms with van der Waals surface area (Å²) in [6.45, 7) is 5.67. The molecular weight excluding hydrogens is 96.0 g/mol. The highest BCUT2D eigenvalue weighted by Crippen LogP contribution is 1.64. The third-order valence-electron chi connectivity index (χ3n) is 0.408. The van der Waals surface area contributed by atoms with Gasteiger partial charge in [-0.3, -0.25) is 0 Å². The molecule has 0 rings (SSSR count). The summed E-state index contributed by atoms with van der Waals surface area (Å²) in [5.41, 5.74) is 0. The molecule has 0 fully saturated rings. The molecule has 3 nitrogen and oxygen atoms in total. The highest BCUT2D eigenvalue weighted by Gasteiger charge is 1.64. The Morgan fingerprint density at radius 3 is 1.43 bits per heavy atom. The molecule has 0 aliphatic carbocycles. The van der Waals surface area contributed by atoms with Crippen LogP contribution in [0.4, 0.5) is 0 Å². The summed E-state index contributed by atoms with van der Waals surface area (Å²) in [5, 5.41) is 0. The molecule has 0 N–H and O–H groups in total. The van der Waals surface area contributed by atoms with Gasteiger partial charge < -0.3 is 4.74 Å². The average Bonchev–Trinajstić information content (AvgIpc) is 1.75. The van der Waals surface area contributed by atoms with Gasteiger partial charge in [0.1, 0.15) is 0 Å². The largest absolute Gasteiger partial charge is 0.382 e. The molecule has 0 aliphatic heterocycles. The third kappa shape index (κ3) is 29.0. The van der Waals surface area contributed by atoms with E-state index in [0.29, 0.717) is 0 Å². The molecule has 0 aromatic rings. The van der Waals surface area contributed by atoms with Crippen molar-refractivity contribution in [2.75, 3.05) is 13.2 Å². The molecule has 0 saturated heterocycles. The van der Waals surface area contributed by atoms with Gasteiger partial charge >= 0.3 is 0 Å². The number of hydrogen-bond donors (Lipinski definition) is 0. The monoisotopic (exact) mass is 106 g/mol. The highest BCUT2D eigenvalue weighted by molar-refractivity contribution is 4.08. The minimum Gasteiger partial charge on any atom is -0.382 e. The van der Waals surface area contributed by atoms with E-state index in [9.17, 15) is 0 Å². The summed E-state index contributed by atoms with van der Waals surface area (Å²) < 4.78 is 4.83. The molecule has 0 aromatic heterocycles. The molecule has 0 aliphatic rings. The van der Waals surface area contributed by atoms with Crippen LogP contribution in [-0.2, 0) is 4.74 Å². The van der Waals surface area contributed by atoms with Gasteiger partial charge in [0, 0.05) is 23.1 Å². The van der Waals surface area contributed by atoms with E-state index >= 15 is 0 Å². The normalized spacial score (nSPS) is 6.57. The Labute approximate surface area is 42.9 Å². The standard InChI is InChI=1S/C4H10O.O2/c1-3-5-4-2;1-2/h3-4H2,1-2H3;. The Morgan fingerprint density at radius 1 is 1.14 bits per heavy atom. The van der Waals surface area contributed by atoms with E-state index in [0.717, 1.165) is 13.2 Å². The lowest BCUT2D eigenvalue weighted by atomic mass is 10.8. The number of rotatable bonds is 2. The summed E-state index contributed by atoms with van der Waals surface area (Å²) in [6, 6.07) is 0. The van der Waals surface area contributed by atoms with E-state index in [1.807, 2.05) is 13.8 Å². The van der Waals surface area contributed by atoms with Crippen LogP contribution in [0.5, 0.6) is 0 Å². The second-order valence-corrected chi connectivity index (χ2v) is 0.781. The predicted molar refractivity (Wildman–Crippen MR) is 28.9 cm³/mol. The van der Waals surface area contributed by atoms with Gasteiger partial charge in [-0.15, -0.1) is 0 Å². The molecule has 0 unspecified atom stereocenters. The second kappa shape index (κ2) is 17.6. The summed E-state index contributed by atoms with van der Waals surface area (Å²) in [6.07, 6.45) is 0. The van der Waals surface area contributed by atoms with Crippen LogP contribution in [0.1, 0.15) is 13.8 Å². The van der Waals surface area contributed by atoms with Crippen LogP contribution in [-0.4, -0.2) is 13.2 Å². The molecule has 0 heterocycles. The zero-order valence-electron chi connectivity index (χ0n) is 4.64. The fourth-order valence-corrected chi connectivity index (χ4v) is 0.204. The van der Waals surface area contributed by atoms with Gasteiger partial charge in [-0.1, -0.05) is 0 Å². The van der Waals surface area contributed by atoms with Gasteiger partial charge in [0.15, 0.2) is 0 Å². The first-order valence-corrected chi connectivity index (χ1v) is 2.16. The van der Waals surface area contributed by atoms with Crippen LogP contribution in [0.3, 0.4) is 0 Å². The lowest BCUT2D eigenvalue weighted by molar-refractivity contribution is 0.162. The first-order valence-electron chi connectivity index (χ1n) is 2.16. The van der Waals surface area contributed by atoms with Gasteiger partial charge in [-0.2, -0.15) is 0 Å². The van der Waals surface area contributed by atoms with Crippen molar-refractivity contribution in [3.8, 4) is 0 Å². The van der Waals surface area contributed by atoms with Gasteiger partial charge in [0.2, 0.25) is 0 Å². The summed E-state index contributed by atoms with van der Waals surface area (Å²) in [5.74, 6) is 0. The van der Waals surface area contributed by atoms with Crippen LogP contribution in [0.2, 0.25) is 0 Å². The maximum atomic E-state index is 7.00. The van der Waals surface area contributed by atoms with Gasteiger partial charge in [-0.05, 0) is 13.8 Å². The Morgan fingerprint density at radius 2 is 1.43 bits per heavy atom. The number of ether oxygens (including phenoxy) is 1. The average molecular weight is 106 g/mol. The molecule has 0 spiro atoms. The second-order valence-electron chi connectivity index (χ2n) is 0.781. The van der Waals surface area contributed by atoms with Crippen molar-refractivity contribution in [3.63, 3.8) is 0 Å². The maximum absolute atomic E-state index is 7.00. The van der Waals surface area contributed by atoms with Crippen LogP contribution in [0.25, 0.3) is 0 Å². The van der Waals surface area contributed by atoms with Gasteiger partial charge in [-0.25, -0.2) is 0 Å². The number of hydrogen-bond acceptors (Lipinski definition) is 3. The molecule has 0 aromatic carbocycles. The Bertz CT molecular complexity index is 20.9. The SMILES string of the molecule is CCOCC.O=O. The van der Waals surface area contributed by atoms with Crippen molar-refractivity contribution in [3.05, 3.63) is 9.93 Å². The van der Waals surface area contributed by atoms with Crippen molar-refractivity contribution < 1.29 is 4.74 Å². The molecule has 0 radical (unpaired) electrons. The van der Waals surface area contributed by atoms with E-state index in [4.69, 9.17) is 14.7 Å². The van der Waals surface area contributed by atoms with E-state index in [1.165, 1.54) is 0 Å². The molecule has 3 heteroatoms. The van der Waals surface area contributed by atoms with E-state index in [2.05, 4.69) is 0 Å². The summed E-state index contributed by atoms with van der Waals surface area (Å²) in [4.78, 5) is 14.0. The maximum Gasteiger partial charge on any atom is 0.0437 e. The van der Waals surface area contributed by atoms with Crippen LogP contribution in [0.15, 0.2) is 0 Å². The lowest BCUT2D eigenvalue weighted by Crippen LogP contribution is -1.84. The van der Waals surface area contributed by atoms with Crippen LogP contribution < -0.4 is 0 Å². The van der Waals surface area contributed by atoms with Crippen molar-refractivity contribution in [2.24, 2.45) is 0 Å². The molecule has 0 atom stereocenters. The molecule has 0 saturated carbocycles. The van der Waals surface area contributed by atoms with E-state index < -0.39 is 0 Å². The minimum absolute atomic E-state index is 0.844. The van der Waals surface area contributed by atoms with Gasteiger partial charge in [0.05, 0.1) is 0 Å². The van der Waals surface area contributed by atoms with Crippen LogP contribution in [0, 0.1) is 9.93 Å². The fraction of sp³-hybridized carbons (Fsp3) is 1.00. The summed E-state index contributed by atoms with van der Waals surface area (Å²) in [7, 11) is 0. The van der Waals surface area contributed by atoms with Crippen molar-refractivity contribution in [2.45, 2.75) is 13.8 Å². The molecule has 44 valence electrons. The van der Waals surface area contributed by atoms with Gasteiger partial charge in [0.25, 0.3) is 0 Å². The van der Waals surface area contributed by atoms with E-state index in [1.54, 1.807) is 0 Å². The predicted octanol–water partition coefficient (Wildman–Crippen LogP) is 1.11. The zero-order chi connectivity index (χ0) is 6.12. The quantitative estimate of drug-likeness (QED) is 0.529. The first-order chi connectivity index (χ1) is 3.41. The molecule has 7 heavy (non-hydrogen) atoms. The van der Waals surface area contributed by atoms with Crippen molar-refractivity contribution >= 4 is 0 Å². The topological polar surface area (TPSA) is 43.4 Å². The Hall–Kier alpha value is -0.440. The lowest BCUT2D eigenvalue weighted by Gasteiger charge is -1.86. The molecular formula is C4H10O3. The zero-order valence-corrected chi connectivity index (χ0v) is 4.64. The minimum atomic E-state index is 0.844. The van der Waals surface area contributed by atoms with Crippen molar-refractivity contribution in [1.82, 2.24) is 0 Å². The van der Waals surface area contributed by atoms with Crippen molar-refractivity contribution in [1.29, 1.82) is 0 Å². The first kappa shape index (κ1) is 9.75. The Kier molecular flexibility index (Phi) is 24.6. The summed E-state index contributed by atoms with van der Waals surface area (Å²) >= 11 is 0. The van der Waals surface area contributed by atoms with Crippen LogP contribution >= 0.6 is 0 Å². The van der Waals surface area contributed by atoms with E-state index in [-0.39, 0.29) is 0 Å².